The zero-order valence-electron chi connectivity index (χ0n) is 6.74. The third kappa shape index (κ3) is 1.26. The van der Waals surface area contributed by atoms with Crippen molar-refractivity contribution in [3.63, 3.8) is 0 Å². The Morgan fingerprint density at radius 3 is 2.07 bits per heavy atom. The molecule has 2 heterocycles. The van der Waals surface area contributed by atoms with Crippen LogP contribution in [0.1, 0.15) is 12.8 Å². The van der Waals surface area contributed by atoms with Crippen LogP contribution in [-0.2, 0) is 19.9 Å². The molecule has 8 nitrogen and oxygen atoms in total. The lowest BCUT2D eigenvalue weighted by Gasteiger charge is -2.06. The highest BCUT2D eigenvalue weighted by atomic mass is 32.2. The van der Waals surface area contributed by atoms with Crippen molar-refractivity contribution in [1.82, 2.24) is 9.31 Å². The van der Waals surface area contributed by atoms with E-state index in [1.165, 1.54) is 0 Å². The van der Waals surface area contributed by atoms with E-state index in [-0.39, 0.29) is 23.2 Å². The summed E-state index contributed by atoms with van der Waals surface area (Å²) in [6.45, 7) is 0. The van der Waals surface area contributed by atoms with Gasteiger partial charge in [-0.15, -0.1) is 5.10 Å². The minimum atomic E-state index is -4.48. The second-order valence-electron chi connectivity index (χ2n) is 2.74. The molecule has 1 N–H and O–H groups in total. The number of amides is 2. The fourth-order valence-corrected chi connectivity index (χ4v) is 1.61. The van der Waals surface area contributed by atoms with Gasteiger partial charge in [0, 0.05) is 12.8 Å². The van der Waals surface area contributed by atoms with Crippen molar-refractivity contribution < 1.29 is 22.6 Å². The molecule has 0 aromatic rings. The first kappa shape index (κ1) is 9.09. The number of hydrogen-bond donors (Lipinski definition) is 1. The van der Waals surface area contributed by atoms with E-state index in [4.69, 9.17) is 4.55 Å². The van der Waals surface area contributed by atoms with Gasteiger partial charge < -0.3 is 0 Å². The third-order valence-electron chi connectivity index (χ3n) is 1.78. The summed E-state index contributed by atoms with van der Waals surface area (Å²) in [5.41, 5.74) is 0. The van der Waals surface area contributed by atoms with E-state index in [2.05, 4.69) is 5.10 Å². The highest BCUT2D eigenvalue weighted by Crippen LogP contribution is 2.23. The smallest absolute Gasteiger partial charge is 0.274 e. The number of nitrogens with zero attached hydrogens (tertiary/aromatic N) is 3. The van der Waals surface area contributed by atoms with E-state index >= 15 is 0 Å². The van der Waals surface area contributed by atoms with Crippen molar-refractivity contribution in [2.75, 3.05) is 0 Å². The van der Waals surface area contributed by atoms with Gasteiger partial charge in [-0.3, -0.25) is 14.1 Å². The van der Waals surface area contributed by atoms with E-state index in [1.54, 1.807) is 0 Å². The Morgan fingerprint density at radius 1 is 1.21 bits per heavy atom. The van der Waals surface area contributed by atoms with Crippen LogP contribution in [0, 0.1) is 0 Å². The van der Waals surface area contributed by atoms with Gasteiger partial charge >= 0.3 is 10.3 Å². The van der Waals surface area contributed by atoms with Gasteiger partial charge in [-0.1, -0.05) is 4.41 Å². The summed E-state index contributed by atoms with van der Waals surface area (Å²) in [5.74, 6) is -1.36. The number of carbonyl (C=O) groups excluding carboxylic acids is 2. The quantitative estimate of drug-likeness (QED) is 0.427. The average Bonchev–Trinajstić information content (AvgIpc) is 2.75. The van der Waals surface area contributed by atoms with Gasteiger partial charge in [-0.2, -0.15) is 8.42 Å². The van der Waals surface area contributed by atoms with Gasteiger partial charge in [-0.25, -0.2) is 4.90 Å². The van der Waals surface area contributed by atoms with Crippen LogP contribution < -0.4 is 0 Å². The van der Waals surface area contributed by atoms with Crippen LogP contribution in [0.15, 0.2) is 5.10 Å². The summed E-state index contributed by atoms with van der Waals surface area (Å²) in [4.78, 5) is 22.8. The number of carbonyl (C=O) groups is 2. The Balaban J connectivity index is 2.17. The topological polar surface area (TPSA) is 107 Å². The molecule has 0 radical (unpaired) electrons. The molecule has 9 heteroatoms. The van der Waals surface area contributed by atoms with Gasteiger partial charge in [0.15, 0.2) is 0 Å². The van der Waals surface area contributed by atoms with E-state index in [9.17, 15) is 18.0 Å². The van der Waals surface area contributed by atoms with E-state index in [0.717, 1.165) is 0 Å². The lowest BCUT2D eigenvalue weighted by atomic mass is 10.4. The molecule has 2 rings (SSSR count). The maximum absolute atomic E-state index is 11.1. The first-order valence-electron chi connectivity index (χ1n) is 3.63. The summed E-state index contributed by atoms with van der Waals surface area (Å²) in [5, 5.41) is 3.21. The maximum Gasteiger partial charge on any atom is 0.382 e. The standard InChI is InChI=1S/C5H5N3O5S/c9-3-1-2-4(10)7(3)5-6-8(5)14(11,12)13/h1-2H2,(H,11,12,13). The van der Waals surface area contributed by atoms with E-state index < -0.39 is 22.1 Å². The fraction of sp³-hybridized carbons (Fsp3) is 0.400. The minimum Gasteiger partial charge on any atom is -0.274 e. The molecule has 76 valence electrons. The lowest BCUT2D eigenvalue weighted by Crippen LogP contribution is -2.36. The zero-order valence-corrected chi connectivity index (χ0v) is 7.56. The molecule has 1 fully saturated rings. The number of rotatable bonds is 1. The first-order valence-corrected chi connectivity index (χ1v) is 5.03. The molecule has 0 saturated carbocycles. The fourth-order valence-electron chi connectivity index (χ4n) is 1.14. The molecule has 1 saturated heterocycles. The van der Waals surface area contributed by atoms with Gasteiger partial charge in [0.1, 0.15) is 0 Å². The van der Waals surface area contributed by atoms with Crippen LogP contribution in [0.3, 0.4) is 0 Å². The zero-order chi connectivity index (χ0) is 10.5. The number of hydrogen-bond acceptors (Lipinski definition) is 5. The molecule has 0 aliphatic carbocycles. The molecule has 0 bridgehead atoms. The van der Waals surface area contributed by atoms with Crippen molar-refractivity contribution in [2.24, 2.45) is 5.10 Å². The Bertz CT molecular complexity index is 436. The first-order chi connectivity index (χ1) is 6.41. The Morgan fingerprint density at radius 2 is 1.71 bits per heavy atom. The van der Waals surface area contributed by atoms with Gasteiger partial charge in [-0.05, 0) is 0 Å². The Kier molecular flexibility index (Phi) is 1.63. The van der Waals surface area contributed by atoms with Gasteiger partial charge in [0.05, 0.1) is 0 Å². The van der Waals surface area contributed by atoms with Crippen molar-refractivity contribution >= 4 is 28.1 Å². The van der Waals surface area contributed by atoms with Gasteiger partial charge in [0.2, 0.25) is 11.8 Å². The van der Waals surface area contributed by atoms with Crippen LogP contribution in [-0.4, -0.2) is 40.1 Å². The highest BCUT2D eigenvalue weighted by molar-refractivity contribution is 7.84. The molecule has 0 aromatic carbocycles. The molecule has 0 atom stereocenters. The SMILES string of the molecule is O=C1CCC(=O)N1C1=NN1S(=O)(=O)O. The number of likely N-dealkylation sites (tertiary alicyclic amines) is 1. The average molecular weight is 219 g/mol. The van der Waals surface area contributed by atoms with Crippen LogP contribution in [0.25, 0.3) is 0 Å². The van der Waals surface area contributed by atoms with Crippen LogP contribution >= 0.6 is 0 Å². The van der Waals surface area contributed by atoms with Gasteiger partial charge in [0.25, 0.3) is 5.96 Å². The second kappa shape index (κ2) is 2.51. The van der Waals surface area contributed by atoms with Crippen molar-refractivity contribution in [1.29, 1.82) is 0 Å². The van der Waals surface area contributed by atoms with E-state index in [0.29, 0.717) is 4.90 Å². The van der Waals surface area contributed by atoms with Crippen LogP contribution in [0.2, 0.25) is 0 Å². The van der Waals surface area contributed by atoms with E-state index in [1.807, 2.05) is 0 Å². The van der Waals surface area contributed by atoms with Crippen molar-refractivity contribution in [3.8, 4) is 0 Å². The predicted octanol–water partition coefficient (Wildman–Crippen LogP) is -1.48. The van der Waals surface area contributed by atoms with Crippen LogP contribution in [0.5, 0.6) is 0 Å². The molecule has 0 unspecified atom stereocenters. The largest absolute Gasteiger partial charge is 0.382 e. The molecule has 2 amide bonds. The molecule has 2 aliphatic heterocycles. The molecular formula is C5H5N3O5S. The summed E-state index contributed by atoms with van der Waals surface area (Å²) in [6.07, 6.45) is 0.0777. The third-order valence-corrected chi connectivity index (χ3v) is 2.46. The van der Waals surface area contributed by atoms with Crippen molar-refractivity contribution in [2.45, 2.75) is 12.8 Å². The van der Waals surface area contributed by atoms with Crippen LogP contribution in [0.4, 0.5) is 0 Å². The summed E-state index contributed by atoms with van der Waals surface area (Å²) < 4.78 is 29.7. The highest BCUT2D eigenvalue weighted by Gasteiger charge is 2.47. The molecule has 0 spiro atoms. The lowest BCUT2D eigenvalue weighted by molar-refractivity contribution is -0.133. The van der Waals surface area contributed by atoms with Crippen molar-refractivity contribution in [3.05, 3.63) is 0 Å². The molecule has 14 heavy (non-hydrogen) atoms. The molecule has 0 aromatic heterocycles. The summed E-state index contributed by atoms with van der Waals surface area (Å²) in [6, 6.07) is 0. The molecular weight excluding hydrogens is 214 g/mol. The number of guanidine groups is 1. The second-order valence-corrected chi connectivity index (χ2v) is 3.99. The normalized spacial score (nSPS) is 21.6. The maximum atomic E-state index is 11.1. The Hall–Kier alpha value is -1.48. The molecule has 2 aliphatic rings. The minimum absolute atomic E-state index is 0.0389. The predicted molar refractivity (Wildman–Crippen MR) is 41.9 cm³/mol. The summed E-state index contributed by atoms with van der Waals surface area (Å²) in [7, 11) is -4.48. The Labute approximate surface area is 78.7 Å². The monoisotopic (exact) mass is 219 g/mol. The number of imide groups is 1. The summed E-state index contributed by atoms with van der Waals surface area (Å²) >= 11 is 0. The number of hydrazone groups is 1.